The number of carbonyl (C=O) groups excluding carboxylic acids is 1. The van der Waals surface area contributed by atoms with Gasteiger partial charge in [0, 0.05) is 6.07 Å². The van der Waals surface area contributed by atoms with Crippen LogP contribution in [0, 0.1) is 0 Å². The first kappa shape index (κ1) is 16.7. The SMILES string of the molecule is Nn1c(SCC(=O)Nc2ccnn2C2CCCC2)nnc1-c1ccco1. The number of hydrogen-bond donors (Lipinski definition) is 2. The summed E-state index contributed by atoms with van der Waals surface area (Å²) in [7, 11) is 0. The van der Waals surface area contributed by atoms with Gasteiger partial charge in [0.1, 0.15) is 5.82 Å². The molecule has 136 valence electrons. The zero-order chi connectivity index (χ0) is 17.9. The predicted molar refractivity (Wildman–Crippen MR) is 97.0 cm³/mol. The molecule has 0 saturated heterocycles. The Morgan fingerprint density at radius 1 is 1.35 bits per heavy atom. The molecule has 9 nitrogen and oxygen atoms in total. The van der Waals surface area contributed by atoms with Gasteiger partial charge in [0.2, 0.25) is 16.9 Å². The minimum absolute atomic E-state index is 0.141. The summed E-state index contributed by atoms with van der Waals surface area (Å²) in [5, 5.41) is 15.7. The van der Waals surface area contributed by atoms with Gasteiger partial charge in [0.15, 0.2) is 5.76 Å². The minimum Gasteiger partial charge on any atom is -0.461 e. The number of amides is 1. The first-order chi connectivity index (χ1) is 12.7. The van der Waals surface area contributed by atoms with Crippen LogP contribution in [0.1, 0.15) is 31.7 Å². The van der Waals surface area contributed by atoms with Crippen molar-refractivity contribution in [2.75, 3.05) is 16.9 Å². The molecule has 0 atom stereocenters. The number of carbonyl (C=O) groups is 1. The Morgan fingerprint density at radius 2 is 2.19 bits per heavy atom. The molecular weight excluding hydrogens is 354 g/mol. The molecule has 10 heteroatoms. The highest BCUT2D eigenvalue weighted by Gasteiger charge is 2.21. The number of nitrogens with zero attached hydrogens (tertiary/aromatic N) is 5. The smallest absolute Gasteiger partial charge is 0.235 e. The molecule has 1 fully saturated rings. The standard InChI is InChI=1S/C16H19N7O2S/c17-22-15(12-6-3-9-25-12)20-21-16(22)26-10-14(24)19-13-7-8-18-23(13)11-4-1-2-5-11/h3,6-9,11H,1-2,4-5,10,17H2,(H,19,24). The molecule has 0 bridgehead atoms. The average Bonchev–Trinajstić information content (AvgIpc) is 3.41. The van der Waals surface area contributed by atoms with E-state index in [1.807, 2.05) is 10.7 Å². The van der Waals surface area contributed by atoms with Gasteiger partial charge in [-0.25, -0.2) is 9.36 Å². The largest absolute Gasteiger partial charge is 0.461 e. The Balaban J connectivity index is 1.37. The number of rotatable bonds is 6. The summed E-state index contributed by atoms with van der Waals surface area (Å²) in [5.41, 5.74) is 0. The Hall–Kier alpha value is -2.75. The molecule has 1 amide bonds. The van der Waals surface area contributed by atoms with Gasteiger partial charge >= 0.3 is 0 Å². The van der Waals surface area contributed by atoms with E-state index < -0.39 is 0 Å². The van der Waals surface area contributed by atoms with Gasteiger partial charge in [-0.2, -0.15) is 5.10 Å². The van der Waals surface area contributed by atoms with Crippen LogP contribution in [0.4, 0.5) is 5.82 Å². The zero-order valence-corrected chi connectivity index (χ0v) is 14.9. The second-order valence-electron chi connectivity index (χ2n) is 6.09. The minimum atomic E-state index is -0.141. The zero-order valence-electron chi connectivity index (χ0n) is 14.0. The molecule has 26 heavy (non-hydrogen) atoms. The van der Waals surface area contributed by atoms with Crippen LogP contribution in [0.25, 0.3) is 11.6 Å². The lowest BCUT2D eigenvalue weighted by molar-refractivity contribution is -0.113. The average molecular weight is 373 g/mol. The second kappa shape index (κ2) is 7.24. The van der Waals surface area contributed by atoms with Crippen molar-refractivity contribution in [3.05, 3.63) is 30.7 Å². The lowest BCUT2D eigenvalue weighted by Crippen LogP contribution is -2.20. The Kier molecular flexibility index (Phi) is 4.65. The summed E-state index contributed by atoms with van der Waals surface area (Å²) in [5.74, 6) is 7.69. The van der Waals surface area contributed by atoms with Crippen LogP contribution in [0.5, 0.6) is 0 Å². The molecule has 0 aromatic carbocycles. The Bertz CT molecular complexity index is 880. The van der Waals surface area contributed by atoms with Crippen molar-refractivity contribution in [1.82, 2.24) is 24.7 Å². The van der Waals surface area contributed by atoms with Gasteiger partial charge in [-0.15, -0.1) is 10.2 Å². The number of furan rings is 1. The van der Waals surface area contributed by atoms with E-state index in [-0.39, 0.29) is 11.7 Å². The molecule has 1 aliphatic carbocycles. The fraction of sp³-hybridized carbons (Fsp3) is 0.375. The lowest BCUT2D eigenvalue weighted by Gasteiger charge is -2.14. The third-order valence-electron chi connectivity index (χ3n) is 4.35. The first-order valence-electron chi connectivity index (χ1n) is 8.43. The van der Waals surface area contributed by atoms with Crippen molar-refractivity contribution >= 4 is 23.5 Å². The number of hydrogen-bond acceptors (Lipinski definition) is 7. The second-order valence-corrected chi connectivity index (χ2v) is 7.03. The Labute approximate surface area is 153 Å². The number of nitrogen functional groups attached to an aromatic ring is 1. The number of anilines is 1. The quantitative estimate of drug-likeness (QED) is 0.503. The first-order valence-corrected chi connectivity index (χ1v) is 9.41. The molecular formula is C16H19N7O2S. The molecule has 3 N–H and O–H groups in total. The van der Waals surface area contributed by atoms with Crippen molar-refractivity contribution in [2.45, 2.75) is 36.9 Å². The number of thioether (sulfide) groups is 1. The molecule has 3 aromatic rings. The summed E-state index contributed by atoms with van der Waals surface area (Å²) in [6.45, 7) is 0. The lowest BCUT2D eigenvalue weighted by atomic mass is 10.2. The van der Waals surface area contributed by atoms with Gasteiger partial charge < -0.3 is 15.6 Å². The van der Waals surface area contributed by atoms with E-state index >= 15 is 0 Å². The molecule has 0 spiro atoms. The normalized spacial score (nSPS) is 14.8. The van der Waals surface area contributed by atoms with E-state index in [1.165, 1.54) is 35.5 Å². The Morgan fingerprint density at radius 3 is 2.96 bits per heavy atom. The van der Waals surface area contributed by atoms with Crippen LogP contribution < -0.4 is 11.2 Å². The molecule has 1 aliphatic rings. The van der Waals surface area contributed by atoms with Gasteiger partial charge in [-0.3, -0.25) is 4.79 Å². The van der Waals surface area contributed by atoms with Crippen molar-refractivity contribution in [3.63, 3.8) is 0 Å². The van der Waals surface area contributed by atoms with Gasteiger partial charge in [-0.1, -0.05) is 24.6 Å². The van der Waals surface area contributed by atoms with E-state index in [0.29, 0.717) is 22.8 Å². The summed E-state index contributed by atoms with van der Waals surface area (Å²) < 4.78 is 8.50. The van der Waals surface area contributed by atoms with Crippen LogP contribution >= 0.6 is 11.8 Å². The van der Waals surface area contributed by atoms with Crippen molar-refractivity contribution < 1.29 is 9.21 Å². The van der Waals surface area contributed by atoms with E-state index in [2.05, 4.69) is 20.6 Å². The van der Waals surface area contributed by atoms with Gasteiger partial charge in [0.05, 0.1) is 24.3 Å². The third-order valence-corrected chi connectivity index (χ3v) is 5.29. The predicted octanol–water partition coefficient (Wildman–Crippen LogP) is 2.29. The highest BCUT2D eigenvalue weighted by molar-refractivity contribution is 7.99. The summed E-state index contributed by atoms with van der Waals surface area (Å²) in [6.07, 6.45) is 7.87. The molecule has 3 aromatic heterocycles. The van der Waals surface area contributed by atoms with Gasteiger partial charge in [0.25, 0.3) is 0 Å². The van der Waals surface area contributed by atoms with E-state index in [1.54, 1.807) is 18.3 Å². The topological polar surface area (TPSA) is 117 Å². The monoisotopic (exact) mass is 373 g/mol. The molecule has 0 unspecified atom stereocenters. The fourth-order valence-electron chi connectivity index (χ4n) is 3.11. The van der Waals surface area contributed by atoms with Gasteiger partial charge in [-0.05, 0) is 25.0 Å². The van der Waals surface area contributed by atoms with Crippen LogP contribution in [-0.4, -0.2) is 36.3 Å². The summed E-state index contributed by atoms with van der Waals surface area (Å²) in [6, 6.07) is 5.69. The summed E-state index contributed by atoms with van der Waals surface area (Å²) in [4.78, 5) is 12.3. The van der Waals surface area contributed by atoms with Crippen molar-refractivity contribution in [3.8, 4) is 11.6 Å². The number of aromatic nitrogens is 5. The van der Waals surface area contributed by atoms with Crippen molar-refractivity contribution in [1.29, 1.82) is 0 Å². The number of nitrogens with two attached hydrogens (primary N) is 1. The maximum absolute atomic E-state index is 12.3. The molecule has 0 aliphatic heterocycles. The molecule has 1 saturated carbocycles. The molecule has 0 radical (unpaired) electrons. The highest BCUT2D eigenvalue weighted by Crippen LogP contribution is 2.31. The maximum atomic E-state index is 12.3. The third kappa shape index (κ3) is 3.32. The van der Waals surface area contributed by atoms with Crippen molar-refractivity contribution in [2.24, 2.45) is 0 Å². The van der Waals surface area contributed by atoms with Crippen LogP contribution in [0.2, 0.25) is 0 Å². The number of nitrogens with one attached hydrogen (secondary N) is 1. The van der Waals surface area contributed by atoms with Crippen LogP contribution in [0.3, 0.4) is 0 Å². The maximum Gasteiger partial charge on any atom is 0.235 e. The summed E-state index contributed by atoms with van der Waals surface area (Å²) >= 11 is 1.21. The highest BCUT2D eigenvalue weighted by atomic mass is 32.2. The van der Waals surface area contributed by atoms with Crippen LogP contribution in [-0.2, 0) is 4.79 Å². The fourth-order valence-corrected chi connectivity index (χ4v) is 3.77. The van der Waals surface area contributed by atoms with Crippen LogP contribution in [0.15, 0.2) is 40.2 Å². The van der Waals surface area contributed by atoms with E-state index in [0.717, 1.165) is 18.7 Å². The molecule has 4 rings (SSSR count). The molecule has 3 heterocycles. The van der Waals surface area contributed by atoms with E-state index in [9.17, 15) is 4.79 Å². The van der Waals surface area contributed by atoms with E-state index in [4.69, 9.17) is 10.3 Å².